The van der Waals surface area contributed by atoms with Crippen LogP contribution in [0.4, 0.5) is 5.88 Å². The van der Waals surface area contributed by atoms with Crippen LogP contribution in [-0.2, 0) is 6.54 Å². The Hall–Kier alpha value is -1.81. The Morgan fingerprint density at radius 3 is 2.58 bits per heavy atom. The summed E-state index contributed by atoms with van der Waals surface area (Å²) in [6, 6.07) is 10.1. The molecule has 1 fully saturated rings. The number of aromatic nitrogens is 1. The van der Waals surface area contributed by atoms with Crippen LogP contribution in [0.25, 0.3) is 11.1 Å². The summed E-state index contributed by atoms with van der Waals surface area (Å²) in [5.74, 6) is 0.415. The van der Waals surface area contributed by atoms with E-state index in [0.717, 1.165) is 36.5 Å². The van der Waals surface area contributed by atoms with Crippen molar-refractivity contribution in [3.8, 4) is 11.1 Å². The number of likely N-dealkylation sites (tertiary alicyclic amines) is 1. The number of nitrogen functional groups attached to an aromatic ring is 1. The second kappa shape index (κ2) is 5.45. The van der Waals surface area contributed by atoms with E-state index in [-0.39, 0.29) is 0 Å². The molecule has 19 heavy (non-hydrogen) atoms. The molecule has 0 unspecified atom stereocenters. The zero-order chi connectivity index (χ0) is 13.1. The fourth-order valence-electron chi connectivity index (χ4n) is 2.69. The maximum atomic E-state index is 5.93. The molecule has 0 spiro atoms. The van der Waals surface area contributed by atoms with Crippen LogP contribution < -0.4 is 5.73 Å². The summed E-state index contributed by atoms with van der Waals surface area (Å²) in [5.41, 5.74) is 8.91. The number of rotatable bonds is 3. The van der Waals surface area contributed by atoms with Crippen LogP contribution in [0.5, 0.6) is 0 Å². The molecule has 4 nitrogen and oxygen atoms in total. The SMILES string of the molecule is Nc1onc(CN2CCCCC2)c1-c1ccccc1. The number of piperidine rings is 1. The molecule has 2 aromatic rings. The highest BCUT2D eigenvalue weighted by Gasteiger charge is 2.19. The molecule has 2 N–H and O–H groups in total. The van der Waals surface area contributed by atoms with E-state index in [2.05, 4.69) is 10.1 Å². The van der Waals surface area contributed by atoms with Crippen molar-refractivity contribution in [2.45, 2.75) is 25.8 Å². The van der Waals surface area contributed by atoms with Gasteiger partial charge in [-0.25, -0.2) is 0 Å². The first-order valence-electron chi connectivity index (χ1n) is 6.86. The molecule has 0 saturated carbocycles. The quantitative estimate of drug-likeness (QED) is 0.918. The molecule has 1 aromatic heterocycles. The van der Waals surface area contributed by atoms with E-state index in [9.17, 15) is 0 Å². The van der Waals surface area contributed by atoms with E-state index in [1.807, 2.05) is 30.3 Å². The number of anilines is 1. The lowest BCUT2D eigenvalue weighted by Crippen LogP contribution is -2.29. The van der Waals surface area contributed by atoms with Crippen LogP contribution in [-0.4, -0.2) is 23.1 Å². The van der Waals surface area contributed by atoms with E-state index in [0.29, 0.717) is 5.88 Å². The molecule has 0 atom stereocenters. The number of hydrogen-bond donors (Lipinski definition) is 1. The Morgan fingerprint density at radius 2 is 1.84 bits per heavy atom. The van der Waals surface area contributed by atoms with Crippen molar-refractivity contribution in [1.82, 2.24) is 10.1 Å². The number of nitrogens with two attached hydrogens (primary N) is 1. The van der Waals surface area contributed by atoms with E-state index in [1.54, 1.807) is 0 Å². The van der Waals surface area contributed by atoms with E-state index < -0.39 is 0 Å². The molecule has 100 valence electrons. The molecule has 1 aliphatic rings. The molecular weight excluding hydrogens is 238 g/mol. The van der Waals surface area contributed by atoms with Crippen LogP contribution >= 0.6 is 0 Å². The highest BCUT2D eigenvalue weighted by Crippen LogP contribution is 2.30. The van der Waals surface area contributed by atoms with Crippen molar-refractivity contribution >= 4 is 5.88 Å². The minimum atomic E-state index is 0.415. The summed E-state index contributed by atoms with van der Waals surface area (Å²) < 4.78 is 5.19. The zero-order valence-electron chi connectivity index (χ0n) is 11.0. The standard InChI is InChI=1S/C15H19N3O/c16-15-14(12-7-3-1-4-8-12)13(17-19-15)11-18-9-5-2-6-10-18/h1,3-4,7-8H,2,5-6,9-11,16H2. The Balaban J connectivity index is 1.86. The minimum absolute atomic E-state index is 0.415. The van der Waals surface area contributed by atoms with Gasteiger partial charge in [-0.2, -0.15) is 0 Å². The van der Waals surface area contributed by atoms with Crippen molar-refractivity contribution in [3.05, 3.63) is 36.0 Å². The van der Waals surface area contributed by atoms with Crippen molar-refractivity contribution < 1.29 is 4.52 Å². The molecule has 0 aliphatic carbocycles. The molecule has 2 heterocycles. The average molecular weight is 257 g/mol. The van der Waals surface area contributed by atoms with Crippen LogP contribution in [0.2, 0.25) is 0 Å². The average Bonchev–Trinajstić information content (AvgIpc) is 2.82. The summed E-state index contributed by atoms with van der Waals surface area (Å²) in [7, 11) is 0. The first-order valence-corrected chi connectivity index (χ1v) is 6.86. The van der Waals surface area contributed by atoms with Crippen molar-refractivity contribution in [2.75, 3.05) is 18.8 Å². The maximum absolute atomic E-state index is 5.93. The third-order valence-corrected chi connectivity index (χ3v) is 3.67. The van der Waals surface area contributed by atoms with Gasteiger partial charge in [0.2, 0.25) is 5.88 Å². The molecule has 1 aromatic carbocycles. The first-order chi connectivity index (χ1) is 9.34. The van der Waals surface area contributed by atoms with Gasteiger partial charge in [0.25, 0.3) is 0 Å². The van der Waals surface area contributed by atoms with Gasteiger partial charge >= 0.3 is 0 Å². The highest BCUT2D eigenvalue weighted by atomic mass is 16.5. The van der Waals surface area contributed by atoms with Gasteiger partial charge in [0.05, 0.1) is 5.56 Å². The van der Waals surface area contributed by atoms with E-state index >= 15 is 0 Å². The maximum Gasteiger partial charge on any atom is 0.230 e. The molecule has 0 amide bonds. The second-order valence-corrected chi connectivity index (χ2v) is 5.07. The third kappa shape index (κ3) is 2.63. The van der Waals surface area contributed by atoms with Gasteiger partial charge in [-0.1, -0.05) is 41.9 Å². The molecule has 1 aliphatic heterocycles. The van der Waals surface area contributed by atoms with Gasteiger partial charge < -0.3 is 10.3 Å². The van der Waals surface area contributed by atoms with Gasteiger partial charge in [0, 0.05) is 6.54 Å². The molecule has 4 heteroatoms. The molecule has 0 radical (unpaired) electrons. The summed E-state index contributed by atoms with van der Waals surface area (Å²) in [6.45, 7) is 3.10. The van der Waals surface area contributed by atoms with Crippen LogP contribution in [0.3, 0.4) is 0 Å². The Labute approximate surface area is 113 Å². The van der Waals surface area contributed by atoms with Crippen molar-refractivity contribution in [2.24, 2.45) is 0 Å². The minimum Gasteiger partial charge on any atom is -0.367 e. The lowest BCUT2D eigenvalue weighted by Gasteiger charge is -2.25. The number of benzene rings is 1. The van der Waals surface area contributed by atoms with Crippen LogP contribution in [0.1, 0.15) is 25.0 Å². The van der Waals surface area contributed by atoms with E-state index in [4.69, 9.17) is 10.3 Å². The highest BCUT2D eigenvalue weighted by molar-refractivity contribution is 5.74. The topological polar surface area (TPSA) is 55.3 Å². The largest absolute Gasteiger partial charge is 0.367 e. The summed E-state index contributed by atoms with van der Waals surface area (Å²) in [4.78, 5) is 2.42. The number of nitrogens with zero attached hydrogens (tertiary/aromatic N) is 2. The summed E-state index contributed by atoms with van der Waals surface area (Å²) >= 11 is 0. The lowest BCUT2D eigenvalue weighted by molar-refractivity contribution is 0.215. The second-order valence-electron chi connectivity index (χ2n) is 5.07. The first kappa shape index (κ1) is 12.2. The molecule has 0 bridgehead atoms. The molecule has 1 saturated heterocycles. The summed E-state index contributed by atoms with van der Waals surface area (Å²) in [5, 5.41) is 4.14. The van der Waals surface area contributed by atoms with Gasteiger partial charge in [-0.3, -0.25) is 4.90 Å². The van der Waals surface area contributed by atoms with E-state index in [1.165, 1.54) is 19.3 Å². The van der Waals surface area contributed by atoms with Gasteiger partial charge in [0.15, 0.2) is 0 Å². The predicted octanol–water partition coefficient (Wildman–Crippen LogP) is 2.91. The Morgan fingerprint density at radius 1 is 1.11 bits per heavy atom. The lowest BCUT2D eigenvalue weighted by atomic mass is 10.0. The Kier molecular flexibility index (Phi) is 3.51. The van der Waals surface area contributed by atoms with Crippen molar-refractivity contribution in [1.29, 1.82) is 0 Å². The normalized spacial score (nSPS) is 16.6. The number of hydrogen-bond acceptors (Lipinski definition) is 4. The zero-order valence-corrected chi connectivity index (χ0v) is 11.0. The Bertz CT molecular complexity index is 530. The van der Waals surface area contributed by atoms with Crippen LogP contribution in [0.15, 0.2) is 34.9 Å². The monoisotopic (exact) mass is 257 g/mol. The molecular formula is C15H19N3O. The summed E-state index contributed by atoms with van der Waals surface area (Å²) in [6.07, 6.45) is 3.88. The predicted molar refractivity (Wildman–Crippen MR) is 75.5 cm³/mol. The third-order valence-electron chi connectivity index (χ3n) is 3.67. The fraction of sp³-hybridized carbons (Fsp3) is 0.400. The van der Waals surface area contributed by atoms with Crippen molar-refractivity contribution in [3.63, 3.8) is 0 Å². The fourth-order valence-corrected chi connectivity index (χ4v) is 2.69. The van der Waals surface area contributed by atoms with Gasteiger partial charge in [0.1, 0.15) is 5.69 Å². The van der Waals surface area contributed by atoms with Crippen LogP contribution in [0, 0.1) is 0 Å². The van der Waals surface area contributed by atoms with Gasteiger partial charge in [-0.15, -0.1) is 0 Å². The molecule has 3 rings (SSSR count). The van der Waals surface area contributed by atoms with Gasteiger partial charge in [-0.05, 0) is 31.5 Å². The smallest absolute Gasteiger partial charge is 0.230 e.